The molecule has 0 saturated carbocycles. The number of nitrogens with zero attached hydrogens (tertiary/aromatic N) is 1. The van der Waals surface area contributed by atoms with Crippen LogP contribution in [0, 0.1) is 0 Å². The van der Waals surface area contributed by atoms with Crippen molar-refractivity contribution in [3.8, 4) is 0 Å². The van der Waals surface area contributed by atoms with Crippen LogP contribution in [0.4, 0.5) is 29.5 Å². The van der Waals surface area contributed by atoms with Gasteiger partial charge in [-0.1, -0.05) is 11.6 Å². The van der Waals surface area contributed by atoms with Gasteiger partial charge in [-0.25, -0.2) is 9.89 Å². The summed E-state index contributed by atoms with van der Waals surface area (Å²) >= 11 is 5.53. The molecule has 1 heterocycles. The number of rotatable bonds is 2. The number of halogens is 4. The van der Waals surface area contributed by atoms with Crippen molar-refractivity contribution in [1.29, 1.82) is 0 Å². The van der Waals surface area contributed by atoms with Crippen LogP contribution in [0.15, 0.2) is 35.1 Å². The van der Waals surface area contributed by atoms with E-state index in [1.54, 1.807) is 0 Å². The van der Waals surface area contributed by atoms with Gasteiger partial charge in [0.15, 0.2) is 5.82 Å². The van der Waals surface area contributed by atoms with Gasteiger partial charge in [0.25, 0.3) is 5.56 Å². The van der Waals surface area contributed by atoms with Gasteiger partial charge in [-0.05, 0) is 24.3 Å². The van der Waals surface area contributed by atoms with Crippen molar-refractivity contribution in [3.63, 3.8) is 0 Å². The predicted molar refractivity (Wildman–Crippen MR) is 74.0 cm³/mol. The van der Waals surface area contributed by atoms with Gasteiger partial charge in [-0.15, -0.1) is 0 Å². The molecule has 3 N–H and O–H groups in total. The Morgan fingerprint density at radius 2 is 1.91 bits per heavy atom. The average Bonchev–Trinajstić information content (AvgIpc) is 2.42. The van der Waals surface area contributed by atoms with Crippen molar-refractivity contribution in [2.24, 2.45) is 0 Å². The van der Waals surface area contributed by atoms with Gasteiger partial charge in [0.05, 0.1) is 11.3 Å². The van der Waals surface area contributed by atoms with Gasteiger partial charge in [0.2, 0.25) is 0 Å². The molecule has 0 aliphatic rings. The number of hydrogen-bond donors (Lipinski definition) is 3. The third-order valence-electron chi connectivity index (χ3n) is 2.46. The van der Waals surface area contributed by atoms with E-state index in [2.05, 4.69) is 15.5 Å². The molecule has 10 heteroatoms. The lowest BCUT2D eigenvalue weighted by molar-refractivity contribution is -0.136. The maximum absolute atomic E-state index is 12.9. The first kappa shape index (κ1) is 15.8. The van der Waals surface area contributed by atoms with Gasteiger partial charge < -0.3 is 5.32 Å². The highest BCUT2D eigenvalue weighted by atomic mass is 35.5. The second kappa shape index (κ2) is 6.06. The number of H-pyrrole nitrogens is 1. The summed E-state index contributed by atoms with van der Waals surface area (Å²) in [7, 11) is 0. The van der Waals surface area contributed by atoms with Crippen molar-refractivity contribution in [2.75, 3.05) is 10.6 Å². The molecule has 6 nitrogen and oxygen atoms in total. The first-order valence-corrected chi connectivity index (χ1v) is 6.14. The Balaban J connectivity index is 2.18. The maximum atomic E-state index is 12.9. The maximum Gasteiger partial charge on any atom is 0.418 e. The number of hydrogen-bond acceptors (Lipinski definition) is 3. The number of aromatic nitrogens is 2. The number of nitrogens with one attached hydrogen (secondary N) is 3. The molecule has 22 heavy (non-hydrogen) atoms. The third-order valence-corrected chi connectivity index (χ3v) is 2.69. The minimum atomic E-state index is -4.68. The zero-order chi connectivity index (χ0) is 16.3. The fraction of sp³-hybridized carbons (Fsp3) is 0.0833. The van der Waals surface area contributed by atoms with E-state index < -0.39 is 29.0 Å². The second-order valence-electron chi connectivity index (χ2n) is 4.07. The summed E-state index contributed by atoms with van der Waals surface area (Å²) in [5.41, 5.74) is -2.02. The van der Waals surface area contributed by atoms with E-state index in [-0.39, 0.29) is 10.8 Å². The van der Waals surface area contributed by atoms with E-state index in [1.807, 2.05) is 5.32 Å². The molecule has 1 aromatic carbocycles. The lowest BCUT2D eigenvalue weighted by Gasteiger charge is -2.14. The highest BCUT2D eigenvalue weighted by Crippen LogP contribution is 2.36. The monoisotopic (exact) mass is 332 g/mol. The summed E-state index contributed by atoms with van der Waals surface area (Å²) in [6.07, 6.45) is -4.68. The molecular weight excluding hydrogens is 325 g/mol. The van der Waals surface area contributed by atoms with E-state index >= 15 is 0 Å². The van der Waals surface area contributed by atoms with Crippen molar-refractivity contribution >= 4 is 29.1 Å². The molecule has 2 amide bonds. The average molecular weight is 333 g/mol. The van der Waals surface area contributed by atoms with E-state index in [9.17, 15) is 22.8 Å². The Labute approximate surface area is 126 Å². The number of benzene rings is 1. The van der Waals surface area contributed by atoms with Crippen LogP contribution in [-0.4, -0.2) is 16.2 Å². The number of aromatic amines is 1. The second-order valence-corrected chi connectivity index (χ2v) is 4.51. The minimum absolute atomic E-state index is 0.0281. The SMILES string of the molecule is O=C(Nc1ccc(=O)[nH]n1)Nc1ccc(Cl)cc1C(F)(F)F. The largest absolute Gasteiger partial charge is 0.418 e. The zero-order valence-electron chi connectivity index (χ0n) is 10.7. The standard InChI is InChI=1S/C12H8ClF3N4O2/c13-6-1-2-8(7(5-6)12(14,15)16)17-11(22)18-9-3-4-10(21)20-19-9/h1-5H,(H,20,21)(H2,17,18,19,22). The molecule has 0 spiro atoms. The molecule has 0 aliphatic carbocycles. The molecular formula is C12H8ClF3N4O2. The molecule has 116 valence electrons. The van der Waals surface area contributed by atoms with Gasteiger partial charge in [0, 0.05) is 11.1 Å². The summed E-state index contributed by atoms with van der Waals surface area (Å²) in [5.74, 6) is -0.0281. The van der Waals surface area contributed by atoms with Gasteiger partial charge in [-0.2, -0.15) is 18.3 Å². The molecule has 1 aromatic heterocycles. The van der Waals surface area contributed by atoms with Crippen LogP contribution >= 0.6 is 11.6 Å². The minimum Gasteiger partial charge on any atom is -0.307 e. The molecule has 0 unspecified atom stereocenters. The Morgan fingerprint density at radius 1 is 1.18 bits per heavy atom. The van der Waals surface area contributed by atoms with E-state index in [4.69, 9.17) is 11.6 Å². The van der Waals surface area contributed by atoms with Crippen LogP contribution in [0.25, 0.3) is 0 Å². The number of alkyl halides is 3. The van der Waals surface area contributed by atoms with Gasteiger partial charge in [0.1, 0.15) is 0 Å². The number of carbonyl (C=O) groups excluding carboxylic acids is 1. The van der Waals surface area contributed by atoms with Crippen LogP contribution in [-0.2, 0) is 6.18 Å². The quantitative estimate of drug-likeness (QED) is 0.789. The van der Waals surface area contributed by atoms with Crippen molar-refractivity contribution in [1.82, 2.24) is 10.2 Å². The molecule has 0 atom stereocenters. The summed E-state index contributed by atoms with van der Waals surface area (Å²) in [6, 6.07) is 4.30. The predicted octanol–water partition coefficient (Wildman–Crippen LogP) is 3.09. The van der Waals surface area contributed by atoms with Crippen LogP contribution in [0.2, 0.25) is 5.02 Å². The first-order chi connectivity index (χ1) is 10.3. The lowest BCUT2D eigenvalue weighted by atomic mass is 10.1. The van der Waals surface area contributed by atoms with Crippen LogP contribution < -0.4 is 16.2 Å². The smallest absolute Gasteiger partial charge is 0.307 e. The van der Waals surface area contributed by atoms with Crippen LogP contribution in [0.3, 0.4) is 0 Å². The van der Waals surface area contributed by atoms with E-state index in [0.29, 0.717) is 6.07 Å². The van der Waals surface area contributed by atoms with Gasteiger partial charge in [-0.3, -0.25) is 10.1 Å². The topological polar surface area (TPSA) is 86.9 Å². The Hall–Kier alpha value is -2.55. The molecule has 2 rings (SSSR count). The van der Waals surface area contributed by atoms with Gasteiger partial charge >= 0.3 is 12.2 Å². The van der Waals surface area contributed by atoms with E-state index in [0.717, 1.165) is 12.1 Å². The third kappa shape index (κ3) is 3.98. The summed E-state index contributed by atoms with van der Waals surface area (Å²) in [6.45, 7) is 0. The highest BCUT2D eigenvalue weighted by Gasteiger charge is 2.34. The van der Waals surface area contributed by atoms with Crippen molar-refractivity contribution in [2.45, 2.75) is 6.18 Å². The van der Waals surface area contributed by atoms with E-state index in [1.165, 1.54) is 12.1 Å². The number of urea groups is 1. The van der Waals surface area contributed by atoms with Crippen LogP contribution in [0.1, 0.15) is 5.56 Å². The molecule has 0 radical (unpaired) electrons. The van der Waals surface area contributed by atoms with Crippen LogP contribution in [0.5, 0.6) is 0 Å². The fourth-order valence-electron chi connectivity index (χ4n) is 1.54. The highest BCUT2D eigenvalue weighted by molar-refractivity contribution is 6.30. The fourth-order valence-corrected chi connectivity index (χ4v) is 1.72. The molecule has 0 fully saturated rings. The van der Waals surface area contributed by atoms with Crippen molar-refractivity contribution < 1.29 is 18.0 Å². The summed E-state index contributed by atoms with van der Waals surface area (Å²) in [5, 5.41) is 9.67. The number of amides is 2. The Morgan fingerprint density at radius 3 is 2.50 bits per heavy atom. The molecule has 0 bridgehead atoms. The normalized spacial score (nSPS) is 11.1. The Kier molecular flexibility index (Phi) is 4.36. The molecule has 2 aromatic rings. The molecule has 0 aliphatic heterocycles. The lowest BCUT2D eigenvalue weighted by Crippen LogP contribution is -2.23. The molecule has 0 saturated heterocycles. The summed E-state index contributed by atoms with van der Waals surface area (Å²) in [4.78, 5) is 22.5. The number of carbonyl (C=O) groups is 1. The Bertz CT molecular complexity index is 740. The number of anilines is 2. The first-order valence-electron chi connectivity index (χ1n) is 5.76. The zero-order valence-corrected chi connectivity index (χ0v) is 11.4. The summed E-state index contributed by atoms with van der Waals surface area (Å²) < 4.78 is 38.6. The van der Waals surface area contributed by atoms with Crippen molar-refractivity contribution in [3.05, 3.63) is 51.3 Å².